The molecular weight excluding hydrogens is 286 g/mol. The molecule has 3 aromatic rings. The summed E-state index contributed by atoms with van der Waals surface area (Å²) in [7, 11) is 0. The van der Waals surface area contributed by atoms with Gasteiger partial charge in [0.15, 0.2) is 0 Å². The first-order valence-corrected chi connectivity index (χ1v) is 7.51. The van der Waals surface area contributed by atoms with Crippen LogP contribution in [0.3, 0.4) is 0 Å². The summed E-state index contributed by atoms with van der Waals surface area (Å²) in [5.41, 5.74) is 8.09. The standard InChI is InChI=1S/C19H19N3O/c1-14-11-15(2)18(16(3)12-14)21-9-10-22(13-21)20-19(23)17-7-5-4-6-8-17/h4-12H,1-3H3,(H,20,23). The van der Waals surface area contributed by atoms with Crippen molar-refractivity contribution in [2.75, 3.05) is 5.43 Å². The molecule has 2 aromatic carbocycles. The first kappa shape index (κ1) is 15.0. The molecule has 0 unspecified atom stereocenters. The van der Waals surface area contributed by atoms with Crippen molar-refractivity contribution in [1.29, 1.82) is 0 Å². The monoisotopic (exact) mass is 305 g/mol. The van der Waals surface area contributed by atoms with Gasteiger partial charge >= 0.3 is 0 Å². The first-order chi connectivity index (χ1) is 11.0. The number of benzene rings is 2. The van der Waals surface area contributed by atoms with E-state index in [-0.39, 0.29) is 5.91 Å². The second kappa shape index (κ2) is 6.08. The Morgan fingerprint density at radius 3 is 2.39 bits per heavy atom. The Labute approximate surface area is 136 Å². The van der Waals surface area contributed by atoms with Gasteiger partial charge in [-0.25, -0.2) is 10.1 Å². The maximum absolute atomic E-state index is 12.2. The van der Waals surface area contributed by atoms with E-state index in [2.05, 4.69) is 44.7 Å². The predicted octanol–water partition coefficient (Wildman–Crippen LogP) is 2.87. The zero-order chi connectivity index (χ0) is 16.4. The van der Waals surface area contributed by atoms with E-state index in [1.165, 1.54) is 16.7 Å². The third-order valence-electron chi connectivity index (χ3n) is 3.71. The van der Waals surface area contributed by atoms with Crippen LogP contribution < -0.4 is 9.99 Å². The van der Waals surface area contributed by atoms with Crippen molar-refractivity contribution in [1.82, 2.24) is 4.68 Å². The lowest BCUT2D eigenvalue weighted by Crippen LogP contribution is -2.32. The zero-order valence-corrected chi connectivity index (χ0v) is 13.5. The van der Waals surface area contributed by atoms with Gasteiger partial charge in [0.2, 0.25) is 0 Å². The van der Waals surface area contributed by atoms with Crippen molar-refractivity contribution in [3.8, 4) is 5.69 Å². The highest BCUT2D eigenvalue weighted by molar-refractivity contribution is 5.99. The molecule has 4 heteroatoms. The van der Waals surface area contributed by atoms with Crippen LogP contribution in [-0.4, -0.2) is 10.6 Å². The third-order valence-corrected chi connectivity index (χ3v) is 3.71. The summed E-state index contributed by atoms with van der Waals surface area (Å²) in [6, 6.07) is 13.4. The molecule has 116 valence electrons. The zero-order valence-electron chi connectivity index (χ0n) is 13.5. The topological polar surface area (TPSA) is 37.9 Å². The summed E-state index contributed by atoms with van der Waals surface area (Å²) in [5, 5.41) is 0. The van der Waals surface area contributed by atoms with Crippen LogP contribution in [0.4, 0.5) is 0 Å². The molecule has 0 saturated carbocycles. The van der Waals surface area contributed by atoms with Crippen LogP contribution in [0.5, 0.6) is 0 Å². The Hall–Kier alpha value is -2.88. The number of aromatic nitrogens is 2. The smallest absolute Gasteiger partial charge is 0.285 e. The number of nitrogens with zero attached hydrogens (tertiary/aromatic N) is 2. The van der Waals surface area contributed by atoms with Crippen LogP contribution in [0.2, 0.25) is 0 Å². The Morgan fingerprint density at radius 1 is 1.09 bits per heavy atom. The summed E-state index contributed by atoms with van der Waals surface area (Å²) in [6.45, 7) is 6.25. The third kappa shape index (κ3) is 3.16. The minimum absolute atomic E-state index is 0.165. The van der Waals surface area contributed by atoms with E-state index in [1.807, 2.05) is 29.0 Å². The highest BCUT2D eigenvalue weighted by Crippen LogP contribution is 2.15. The van der Waals surface area contributed by atoms with E-state index >= 15 is 0 Å². The van der Waals surface area contributed by atoms with Gasteiger partial charge in [0.1, 0.15) is 0 Å². The molecule has 1 aromatic heterocycles. The maximum atomic E-state index is 12.2. The average molecular weight is 305 g/mol. The number of rotatable bonds is 3. The molecule has 0 spiro atoms. The fraction of sp³-hybridized carbons (Fsp3) is 0.158. The van der Waals surface area contributed by atoms with Gasteiger partial charge < -0.3 is 4.57 Å². The number of nitrogens with one attached hydrogen (secondary N) is 1. The van der Waals surface area contributed by atoms with Crippen molar-refractivity contribution < 1.29 is 9.36 Å². The Balaban J connectivity index is 1.86. The Morgan fingerprint density at radius 2 is 1.74 bits per heavy atom. The van der Waals surface area contributed by atoms with Gasteiger partial charge in [-0.15, -0.1) is 0 Å². The summed E-state index contributed by atoms with van der Waals surface area (Å²) in [6.07, 6.45) is 6.79. The van der Waals surface area contributed by atoms with Gasteiger partial charge in [-0.3, -0.25) is 4.79 Å². The van der Waals surface area contributed by atoms with E-state index in [0.717, 1.165) is 5.69 Å². The number of carbonyl (C=O) groups excluding carboxylic acids is 1. The number of amides is 1. The molecule has 3 rings (SSSR count). The molecule has 0 radical (unpaired) electrons. The maximum Gasteiger partial charge on any atom is 0.285 e. The molecule has 0 aliphatic rings. The number of carbonyl (C=O) groups is 1. The van der Waals surface area contributed by atoms with E-state index in [4.69, 9.17) is 0 Å². The van der Waals surface area contributed by atoms with Crippen LogP contribution in [0.25, 0.3) is 5.69 Å². The number of hydrogen-bond donors (Lipinski definition) is 1. The molecule has 1 heterocycles. The van der Waals surface area contributed by atoms with Gasteiger partial charge in [-0.2, -0.15) is 0 Å². The number of aryl methyl sites for hydroxylation is 3. The van der Waals surface area contributed by atoms with E-state index in [0.29, 0.717) is 5.56 Å². The van der Waals surface area contributed by atoms with Gasteiger partial charge in [0.25, 0.3) is 12.2 Å². The molecule has 0 atom stereocenters. The minimum atomic E-state index is -0.165. The lowest BCUT2D eigenvalue weighted by molar-refractivity contribution is -0.600. The van der Waals surface area contributed by atoms with Gasteiger partial charge in [0.05, 0.1) is 5.69 Å². The Bertz CT molecular complexity index is 827. The molecule has 4 nitrogen and oxygen atoms in total. The molecule has 0 saturated heterocycles. The fourth-order valence-corrected chi connectivity index (χ4v) is 2.82. The molecule has 0 aliphatic carbocycles. The molecule has 23 heavy (non-hydrogen) atoms. The number of hydrogen-bond acceptors (Lipinski definition) is 1. The normalized spacial score (nSPS) is 10.6. The van der Waals surface area contributed by atoms with Gasteiger partial charge in [0, 0.05) is 18.0 Å². The average Bonchev–Trinajstić information content (AvgIpc) is 2.95. The van der Waals surface area contributed by atoms with Gasteiger partial charge in [-0.05, 0) is 44.0 Å². The summed E-state index contributed by atoms with van der Waals surface area (Å²) < 4.78 is 3.45. The van der Waals surface area contributed by atoms with Crippen molar-refractivity contribution in [2.45, 2.75) is 20.8 Å². The van der Waals surface area contributed by atoms with Crippen LogP contribution in [0, 0.1) is 27.1 Å². The van der Waals surface area contributed by atoms with Crippen LogP contribution >= 0.6 is 0 Å². The fourth-order valence-electron chi connectivity index (χ4n) is 2.82. The van der Waals surface area contributed by atoms with E-state index in [9.17, 15) is 4.79 Å². The second-order valence-electron chi connectivity index (χ2n) is 5.69. The summed E-state index contributed by atoms with van der Waals surface area (Å²) in [5.74, 6) is -0.165. The van der Waals surface area contributed by atoms with Crippen molar-refractivity contribution in [3.63, 3.8) is 0 Å². The van der Waals surface area contributed by atoms with Crippen LogP contribution in [0.15, 0.2) is 54.9 Å². The molecule has 1 amide bonds. The Kier molecular flexibility index (Phi) is 3.98. The minimum Gasteiger partial charge on any atom is -0.324 e. The van der Waals surface area contributed by atoms with Gasteiger partial charge in [-0.1, -0.05) is 35.9 Å². The van der Waals surface area contributed by atoms with Crippen molar-refractivity contribution >= 4 is 5.91 Å². The molecule has 1 N–H and O–H groups in total. The molecule has 0 aliphatic heterocycles. The SMILES string of the molecule is Cc1cc(C)c(-[n+]2[c-]n(NC(=O)c3ccccc3)cc2)c(C)c1. The number of imidazole rings is 1. The predicted molar refractivity (Wildman–Crippen MR) is 89.1 cm³/mol. The highest BCUT2D eigenvalue weighted by Gasteiger charge is 2.10. The van der Waals surface area contributed by atoms with Crippen LogP contribution in [-0.2, 0) is 0 Å². The lowest BCUT2D eigenvalue weighted by Gasteiger charge is -2.12. The second-order valence-corrected chi connectivity index (χ2v) is 5.69. The quantitative estimate of drug-likeness (QED) is 0.586. The van der Waals surface area contributed by atoms with E-state index in [1.54, 1.807) is 23.0 Å². The molecule has 0 fully saturated rings. The van der Waals surface area contributed by atoms with Crippen LogP contribution in [0.1, 0.15) is 27.0 Å². The largest absolute Gasteiger partial charge is 0.324 e. The lowest BCUT2D eigenvalue weighted by atomic mass is 10.1. The molecular formula is C19H19N3O. The van der Waals surface area contributed by atoms with Crippen molar-refractivity contribution in [3.05, 3.63) is 83.4 Å². The first-order valence-electron chi connectivity index (χ1n) is 7.51. The molecule has 0 bridgehead atoms. The summed E-state index contributed by atoms with van der Waals surface area (Å²) in [4.78, 5) is 12.2. The van der Waals surface area contributed by atoms with Crippen molar-refractivity contribution in [2.24, 2.45) is 0 Å². The van der Waals surface area contributed by atoms with E-state index < -0.39 is 0 Å². The summed E-state index contributed by atoms with van der Waals surface area (Å²) >= 11 is 0. The highest BCUT2D eigenvalue weighted by atomic mass is 16.2.